The molecule has 0 heterocycles. The molecule has 2 aromatic rings. The molecule has 0 bridgehead atoms. The number of hydrogen-bond acceptors (Lipinski definition) is 1. The number of quaternary nitrogens is 1. The van der Waals surface area contributed by atoms with Crippen molar-refractivity contribution < 1.29 is 14.1 Å². The van der Waals surface area contributed by atoms with Crippen LogP contribution in [-0.4, -0.2) is 19.5 Å². The van der Waals surface area contributed by atoms with Gasteiger partial charge in [0.25, 0.3) is 5.91 Å². The van der Waals surface area contributed by atoms with Gasteiger partial charge in [-0.1, -0.05) is 47.5 Å². The summed E-state index contributed by atoms with van der Waals surface area (Å²) in [7, 11) is 1.82. The molecule has 0 spiro atoms. The first-order valence-corrected chi connectivity index (χ1v) is 8.42. The molecule has 1 amide bonds. The monoisotopic (exact) mass is 369 g/mol. The zero-order valence-electron chi connectivity index (χ0n) is 13.6. The molecule has 1 unspecified atom stereocenters. The van der Waals surface area contributed by atoms with Gasteiger partial charge in [0, 0.05) is 5.02 Å². The van der Waals surface area contributed by atoms with Crippen molar-refractivity contribution in [3.05, 3.63) is 69.5 Å². The molecule has 2 N–H and O–H groups in total. The van der Waals surface area contributed by atoms with Gasteiger partial charge in [0.1, 0.15) is 12.4 Å². The molecule has 0 saturated heterocycles. The molecule has 24 heavy (non-hydrogen) atoms. The van der Waals surface area contributed by atoms with Crippen LogP contribution in [0.4, 0.5) is 4.39 Å². The summed E-state index contributed by atoms with van der Waals surface area (Å²) in [6, 6.07) is 11.8. The lowest BCUT2D eigenvalue weighted by molar-refractivity contribution is -0.885. The fraction of sp³-hybridized carbons (Fsp3) is 0.278. The predicted molar refractivity (Wildman–Crippen MR) is 94.9 cm³/mol. The number of carbonyl (C=O) groups excluding carboxylic acids is 1. The summed E-state index contributed by atoms with van der Waals surface area (Å²) in [5.74, 6) is -0.487. The van der Waals surface area contributed by atoms with Gasteiger partial charge in [-0.15, -0.1) is 0 Å². The first-order chi connectivity index (χ1) is 11.4. The molecule has 0 aromatic heterocycles. The lowest BCUT2D eigenvalue weighted by atomic mass is 10.1. The molecule has 0 fully saturated rings. The molecule has 0 aliphatic heterocycles. The van der Waals surface area contributed by atoms with Gasteiger partial charge in [-0.05, 0) is 30.7 Å². The molecule has 128 valence electrons. The highest BCUT2D eigenvalue weighted by atomic mass is 35.5. The van der Waals surface area contributed by atoms with Gasteiger partial charge in [0.15, 0.2) is 6.54 Å². The van der Waals surface area contributed by atoms with Crippen molar-refractivity contribution in [1.29, 1.82) is 0 Å². The van der Waals surface area contributed by atoms with Crippen molar-refractivity contribution in [2.45, 2.75) is 19.5 Å². The Balaban J connectivity index is 1.93. The maximum atomic E-state index is 13.8. The second-order valence-electron chi connectivity index (χ2n) is 5.82. The fourth-order valence-corrected chi connectivity index (χ4v) is 3.07. The minimum Gasteiger partial charge on any atom is -0.345 e. The molecule has 0 radical (unpaired) electrons. The van der Waals surface area contributed by atoms with Crippen molar-refractivity contribution in [3.8, 4) is 0 Å². The molecular weight excluding hydrogens is 350 g/mol. The number of benzene rings is 2. The van der Waals surface area contributed by atoms with Crippen LogP contribution < -0.4 is 10.2 Å². The van der Waals surface area contributed by atoms with Crippen molar-refractivity contribution in [3.63, 3.8) is 0 Å². The highest BCUT2D eigenvalue weighted by Gasteiger charge is 2.18. The highest BCUT2D eigenvalue weighted by Crippen LogP contribution is 2.22. The quantitative estimate of drug-likeness (QED) is 0.805. The second kappa shape index (κ2) is 8.47. The molecule has 0 aliphatic carbocycles. The standard InChI is InChI=1S/C18H19Cl2FN2O/c1-12(13-6-3-4-7-15(13)19)22-18(24)11-23(2)10-14-16(20)8-5-9-17(14)21/h3-9,12H,10-11H2,1-2H3,(H,22,24)/p+1/t12-/m0/s1. The van der Waals surface area contributed by atoms with Crippen molar-refractivity contribution in [2.24, 2.45) is 0 Å². The Hall–Kier alpha value is -1.62. The van der Waals surface area contributed by atoms with Crippen LogP contribution in [0, 0.1) is 5.82 Å². The van der Waals surface area contributed by atoms with Crippen LogP contribution in [0.25, 0.3) is 0 Å². The molecule has 2 aromatic carbocycles. The molecule has 2 rings (SSSR count). The molecule has 0 saturated carbocycles. The molecule has 3 nitrogen and oxygen atoms in total. The molecular formula is C18H20Cl2FN2O+. The van der Waals surface area contributed by atoms with Crippen molar-refractivity contribution >= 4 is 29.1 Å². The maximum Gasteiger partial charge on any atom is 0.275 e. The van der Waals surface area contributed by atoms with E-state index in [1.54, 1.807) is 18.2 Å². The molecule has 2 atom stereocenters. The SMILES string of the molecule is C[C@H](NC(=O)C[NH+](C)Cc1c(F)cccc1Cl)c1ccccc1Cl. The van der Waals surface area contributed by atoms with Crippen LogP contribution in [-0.2, 0) is 11.3 Å². The summed E-state index contributed by atoms with van der Waals surface area (Å²) < 4.78 is 13.8. The van der Waals surface area contributed by atoms with E-state index in [1.165, 1.54) is 6.07 Å². The zero-order valence-corrected chi connectivity index (χ0v) is 15.1. The zero-order chi connectivity index (χ0) is 17.7. The van der Waals surface area contributed by atoms with Crippen LogP contribution >= 0.6 is 23.2 Å². The van der Waals surface area contributed by atoms with Gasteiger partial charge in [-0.3, -0.25) is 4.79 Å². The van der Waals surface area contributed by atoms with Gasteiger partial charge in [0.05, 0.1) is 23.7 Å². The topological polar surface area (TPSA) is 33.5 Å². The highest BCUT2D eigenvalue weighted by molar-refractivity contribution is 6.31. The van der Waals surface area contributed by atoms with E-state index in [2.05, 4.69) is 5.32 Å². The summed E-state index contributed by atoms with van der Waals surface area (Å²) in [6.45, 7) is 2.42. The smallest absolute Gasteiger partial charge is 0.275 e. The van der Waals surface area contributed by atoms with E-state index in [-0.39, 0.29) is 24.3 Å². The van der Waals surface area contributed by atoms with Gasteiger partial charge in [-0.2, -0.15) is 0 Å². The van der Waals surface area contributed by atoms with E-state index in [0.717, 1.165) is 10.5 Å². The van der Waals surface area contributed by atoms with E-state index in [0.29, 0.717) is 22.2 Å². The second-order valence-corrected chi connectivity index (χ2v) is 6.64. The Kier molecular flexibility index (Phi) is 6.60. The van der Waals surface area contributed by atoms with Crippen LogP contribution in [0.5, 0.6) is 0 Å². The third-order valence-corrected chi connectivity index (χ3v) is 4.45. The minimum absolute atomic E-state index is 0.132. The van der Waals surface area contributed by atoms with Gasteiger partial charge < -0.3 is 10.2 Å². The number of rotatable bonds is 6. The van der Waals surface area contributed by atoms with E-state index in [4.69, 9.17) is 23.2 Å². The van der Waals surface area contributed by atoms with Crippen LogP contribution in [0.2, 0.25) is 10.0 Å². The number of likely N-dealkylation sites (N-methyl/N-ethyl adjacent to an activating group) is 1. The normalized spacial score (nSPS) is 13.4. The fourth-order valence-electron chi connectivity index (χ4n) is 2.54. The number of amides is 1. The summed E-state index contributed by atoms with van der Waals surface area (Å²) in [5, 5.41) is 3.90. The van der Waals surface area contributed by atoms with Crippen molar-refractivity contribution in [2.75, 3.05) is 13.6 Å². The third kappa shape index (κ3) is 4.94. The van der Waals surface area contributed by atoms with E-state index < -0.39 is 0 Å². The number of hydrogen-bond donors (Lipinski definition) is 2. The summed E-state index contributed by atoms with van der Waals surface area (Å²) in [5.41, 5.74) is 1.28. The average Bonchev–Trinajstić information content (AvgIpc) is 2.51. The third-order valence-electron chi connectivity index (χ3n) is 3.75. The average molecular weight is 370 g/mol. The van der Waals surface area contributed by atoms with Crippen LogP contribution in [0.15, 0.2) is 42.5 Å². The largest absolute Gasteiger partial charge is 0.345 e. The Bertz CT molecular complexity index is 704. The first-order valence-electron chi connectivity index (χ1n) is 7.66. The van der Waals surface area contributed by atoms with Gasteiger partial charge in [-0.25, -0.2) is 4.39 Å². The Labute approximate surface area is 151 Å². The van der Waals surface area contributed by atoms with Crippen LogP contribution in [0.3, 0.4) is 0 Å². The van der Waals surface area contributed by atoms with Gasteiger partial charge >= 0.3 is 0 Å². The number of carbonyl (C=O) groups is 1. The Morgan fingerprint density at radius 3 is 2.50 bits per heavy atom. The number of nitrogens with one attached hydrogen (secondary N) is 2. The van der Waals surface area contributed by atoms with E-state index in [1.807, 2.05) is 32.2 Å². The van der Waals surface area contributed by atoms with Gasteiger partial charge in [0.2, 0.25) is 0 Å². The maximum absolute atomic E-state index is 13.8. The lowest BCUT2D eigenvalue weighted by Crippen LogP contribution is -3.09. The molecule has 0 aliphatic rings. The summed E-state index contributed by atoms with van der Waals surface area (Å²) in [4.78, 5) is 13.0. The lowest BCUT2D eigenvalue weighted by Gasteiger charge is -2.18. The predicted octanol–water partition coefficient (Wildman–Crippen LogP) is 3.02. The first kappa shape index (κ1) is 18.7. The van der Waals surface area contributed by atoms with E-state index in [9.17, 15) is 9.18 Å². The van der Waals surface area contributed by atoms with Crippen molar-refractivity contribution in [1.82, 2.24) is 5.32 Å². The Morgan fingerprint density at radius 2 is 1.83 bits per heavy atom. The minimum atomic E-state index is -0.355. The Morgan fingerprint density at radius 1 is 1.17 bits per heavy atom. The summed E-state index contributed by atoms with van der Waals surface area (Å²) >= 11 is 12.2. The van der Waals surface area contributed by atoms with E-state index >= 15 is 0 Å². The molecule has 6 heteroatoms. The summed E-state index contributed by atoms with van der Waals surface area (Å²) in [6.07, 6.45) is 0. The number of halogens is 3. The van der Waals surface area contributed by atoms with Crippen LogP contribution in [0.1, 0.15) is 24.1 Å².